The Bertz CT molecular complexity index is 1420. The summed E-state index contributed by atoms with van der Waals surface area (Å²) in [6, 6.07) is 20.0. The van der Waals surface area contributed by atoms with Gasteiger partial charge in [-0.2, -0.15) is 0 Å². The van der Waals surface area contributed by atoms with Crippen molar-refractivity contribution in [2.75, 3.05) is 25.1 Å². The molecule has 0 fully saturated rings. The minimum atomic E-state index is -0.215. The van der Waals surface area contributed by atoms with Crippen molar-refractivity contribution in [1.82, 2.24) is 14.9 Å². The number of imidazole rings is 1. The first kappa shape index (κ1) is 23.7. The number of aromatic nitrogens is 2. The van der Waals surface area contributed by atoms with Crippen LogP contribution in [0.4, 0.5) is 5.69 Å². The van der Waals surface area contributed by atoms with Crippen molar-refractivity contribution >= 4 is 40.1 Å². The summed E-state index contributed by atoms with van der Waals surface area (Å²) in [6.07, 6.45) is 1.25. The number of hydrogen-bond donors (Lipinski definition) is 2. The van der Waals surface area contributed by atoms with Gasteiger partial charge in [0, 0.05) is 24.7 Å². The van der Waals surface area contributed by atoms with Crippen molar-refractivity contribution in [1.29, 1.82) is 0 Å². The molecule has 0 spiro atoms. The highest BCUT2D eigenvalue weighted by molar-refractivity contribution is 6.33. The van der Waals surface area contributed by atoms with Crippen molar-refractivity contribution in [2.45, 2.75) is 19.4 Å². The van der Waals surface area contributed by atoms with E-state index in [4.69, 9.17) is 26.1 Å². The van der Waals surface area contributed by atoms with Crippen LogP contribution in [-0.2, 0) is 17.8 Å². The Labute approximate surface area is 213 Å². The van der Waals surface area contributed by atoms with E-state index < -0.39 is 0 Å². The molecule has 0 unspecified atom stereocenters. The standard InChI is InChI=1S/C27H25ClN4O4/c28-20-7-2-1-6-19(20)27(34)29-13-5-10-25-31-21-8-3-4-9-22(21)32(25)17-26(33)30-18-11-12-23-24(16-18)36-15-14-35-23/h1-4,6-9,11-12,16H,5,10,13-15,17H2,(H,29,34)(H,30,33). The largest absolute Gasteiger partial charge is 0.486 e. The zero-order valence-electron chi connectivity index (χ0n) is 19.5. The molecule has 2 N–H and O–H groups in total. The Balaban J connectivity index is 1.24. The third-order valence-corrected chi connectivity index (χ3v) is 6.17. The first-order valence-electron chi connectivity index (χ1n) is 11.7. The van der Waals surface area contributed by atoms with E-state index in [0.29, 0.717) is 60.4 Å². The van der Waals surface area contributed by atoms with Crippen LogP contribution in [0, 0.1) is 0 Å². The smallest absolute Gasteiger partial charge is 0.252 e. The second-order valence-corrected chi connectivity index (χ2v) is 8.76. The van der Waals surface area contributed by atoms with Crippen LogP contribution in [0.3, 0.4) is 0 Å². The van der Waals surface area contributed by atoms with E-state index >= 15 is 0 Å². The number of fused-ring (bicyclic) bond motifs is 2. The van der Waals surface area contributed by atoms with Gasteiger partial charge in [0.05, 0.1) is 21.6 Å². The van der Waals surface area contributed by atoms with E-state index in [-0.39, 0.29) is 18.4 Å². The van der Waals surface area contributed by atoms with Crippen LogP contribution < -0.4 is 20.1 Å². The summed E-state index contributed by atoms with van der Waals surface area (Å²) in [6.45, 7) is 1.55. The Morgan fingerprint density at radius 1 is 0.972 bits per heavy atom. The normalized spacial score (nSPS) is 12.4. The number of nitrogens with one attached hydrogen (secondary N) is 2. The number of ether oxygens (including phenoxy) is 2. The number of benzene rings is 3. The van der Waals surface area contributed by atoms with E-state index in [0.717, 1.165) is 16.9 Å². The number of amides is 2. The fraction of sp³-hybridized carbons (Fsp3) is 0.222. The van der Waals surface area contributed by atoms with E-state index in [1.54, 1.807) is 42.5 Å². The van der Waals surface area contributed by atoms with Gasteiger partial charge < -0.3 is 24.7 Å². The lowest BCUT2D eigenvalue weighted by atomic mass is 10.2. The summed E-state index contributed by atoms with van der Waals surface area (Å²) >= 11 is 6.11. The zero-order chi connectivity index (χ0) is 24.9. The molecule has 5 rings (SSSR count). The molecule has 1 aliphatic heterocycles. The average Bonchev–Trinajstić information content (AvgIpc) is 3.23. The average molecular weight is 505 g/mol. The molecule has 0 atom stereocenters. The minimum Gasteiger partial charge on any atom is -0.486 e. The second-order valence-electron chi connectivity index (χ2n) is 8.35. The van der Waals surface area contributed by atoms with E-state index in [1.807, 2.05) is 28.8 Å². The van der Waals surface area contributed by atoms with Gasteiger partial charge in [0.2, 0.25) is 5.91 Å². The van der Waals surface area contributed by atoms with Crippen LogP contribution in [-0.4, -0.2) is 41.1 Å². The molecule has 1 aliphatic rings. The van der Waals surface area contributed by atoms with Gasteiger partial charge in [0.25, 0.3) is 5.91 Å². The lowest BCUT2D eigenvalue weighted by Crippen LogP contribution is -2.25. The number of halogens is 1. The summed E-state index contributed by atoms with van der Waals surface area (Å²) in [4.78, 5) is 30.1. The summed E-state index contributed by atoms with van der Waals surface area (Å²) < 4.78 is 13.1. The predicted octanol–water partition coefficient (Wildman–Crippen LogP) is 4.46. The molecule has 184 valence electrons. The summed E-state index contributed by atoms with van der Waals surface area (Å²) in [7, 11) is 0. The van der Waals surface area contributed by atoms with Gasteiger partial charge in [-0.05, 0) is 42.8 Å². The molecule has 3 aromatic carbocycles. The second kappa shape index (κ2) is 10.7. The monoisotopic (exact) mass is 504 g/mol. The number of hydrogen-bond acceptors (Lipinski definition) is 5. The van der Waals surface area contributed by atoms with Gasteiger partial charge in [-0.3, -0.25) is 9.59 Å². The van der Waals surface area contributed by atoms with Gasteiger partial charge in [0.1, 0.15) is 25.6 Å². The molecule has 9 heteroatoms. The number of carbonyl (C=O) groups excluding carboxylic acids is 2. The number of para-hydroxylation sites is 2. The maximum absolute atomic E-state index is 13.0. The van der Waals surface area contributed by atoms with E-state index in [2.05, 4.69) is 10.6 Å². The van der Waals surface area contributed by atoms with Gasteiger partial charge in [0.15, 0.2) is 11.5 Å². The summed E-state index contributed by atoms with van der Waals surface area (Å²) in [5.74, 6) is 1.67. The van der Waals surface area contributed by atoms with E-state index in [9.17, 15) is 9.59 Å². The van der Waals surface area contributed by atoms with Crippen molar-refractivity contribution < 1.29 is 19.1 Å². The highest BCUT2D eigenvalue weighted by atomic mass is 35.5. The summed E-state index contributed by atoms with van der Waals surface area (Å²) in [5, 5.41) is 6.25. The molecule has 2 amide bonds. The lowest BCUT2D eigenvalue weighted by molar-refractivity contribution is -0.116. The third-order valence-electron chi connectivity index (χ3n) is 5.84. The molecular weight excluding hydrogens is 480 g/mol. The predicted molar refractivity (Wildman–Crippen MR) is 138 cm³/mol. The van der Waals surface area contributed by atoms with Crippen LogP contribution in [0.5, 0.6) is 11.5 Å². The topological polar surface area (TPSA) is 94.5 Å². The summed E-state index contributed by atoms with van der Waals surface area (Å²) in [5.41, 5.74) is 2.78. The van der Waals surface area contributed by atoms with Gasteiger partial charge in [-0.1, -0.05) is 35.9 Å². The van der Waals surface area contributed by atoms with Crippen molar-refractivity contribution in [3.63, 3.8) is 0 Å². The molecule has 1 aromatic heterocycles. The number of carbonyl (C=O) groups is 2. The zero-order valence-corrected chi connectivity index (χ0v) is 20.3. The van der Waals surface area contributed by atoms with Crippen molar-refractivity contribution in [3.8, 4) is 11.5 Å². The fourth-order valence-corrected chi connectivity index (χ4v) is 4.37. The Hall–Kier alpha value is -4.04. The highest BCUT2D eigenvalue weighted by Gasteiger charge is 2.16. The van der Waals surface area contributed by atoms with Gasteiger partial charge >= 0.3 is 0 Å². The van der Waals surface area contributed by atoms with Crippen LogP contribution in [0.15, 0.2) is 66.7 Å². The van der Waals surface area contributed by atoms with Crippen molar-refractivity contribution in [3.05, 3.63) is 83.1 Å². The van der Waals surface area contributed by atoms with Crippen LogP contribution in [0.1, 0.15) is 22.6 Å². The maximum atomic E-state index is 13.0. The number of rotatable bonds is 8. The Kier molecular flexibility index (Phi) is 7.04. The SMILES string of the molecule is O=C(Cn1c(CCCNC(=O)c2ccccc2Cl)nc2ccccc21)Nc1ccc2c(c1)OCCO2. The molecule has 2 heterocycles. The molecular formula is C27H25ClN4O4. The fourth-order valence-electron chi connectivity index (χ4n) is 4.15. The molecule has 36 heavy (non-hydrogen) atoms. The van der Waals surface area contributed by atoms with E-state index in [1.165, 1.54) is 0 Å². The van der Waals surface area contributed by atoms with Crippen LogP contribution in [0.25, 0.3) is 11.0 Å². The first-order valence-corrected chi connectivity index (χ1v) is 12.1. The lowest BCUT2D eigenvalue weighted by Gasteiger charge is -2.19. The number of aryl methyl sites for hydroxylation is 1. The maximum Gasteiger partial charge on any atom is 0.252 e. The molecule has 0 saturated carbocycles. The minimum absolute atomic E-state index is 0.107. The molecule has 0 aliphatic carbocycles. The Morgan fingerprint density at radius 3 is 2.61 bits per heavy atom. The quantitative estimate of drug-likeness (QED) is 0.345. The van der Waals surface area contributed by atoms with Crippen LogP contribution >= 0.6 is 11.6 Å². The van der Waals surface area contributed by atoms with Gasteiger partial charge in [-0.15, -0.1) is 0 Å². The molecule has 8 nitrogen and oxygen atoms in total. The molecule has 0 saturated heterocycles. The molecule has 0 radical (unpaired) electrons. The number of anilines is 1. The molecule has 4 aromatic rings. The number of nitrogens with zero attached hydrogens (tertiary/aromatic N) is 2. The van der Waals surface area contributed by atoms with Gasteiger partial charge in [-0.25, -0.2) is 4.98 Å². The Morgan fingerprint density at radius 2 is 1.75 bits per heavy atom. The van der Waals surface area contributed by atoms with Crippen molar-refractivity contribution in [2.24, 2.45) is 0 Å². The molecule has 0 bridgehead atoms. The van der Waals surface area contributed by atoms with Crippen LogP contribution in [0.2, 0.25) is 5.02 Å². The third kappa shape index (κ3) is 5.28. The first-order chi connectivity index (χ1) is 17.6. The highest BCUT2D eigenvalue weighted by Crippen LogP contribution is 2.32.